The first-order chi connectivity index (χ1) is 7.28. The molecule has 1 fully saturated rings. The molecular weight excluding hydrogens is 242 g/mol. The molecule has 1 atom stereocenters. The molecule has 2 heterocycles. The van der Waals surface area contributed by atoms with Gasteiger partial charge in [-0.25, -0.2) is 4.98 Å². The maximum atomic E-state index is 4.46. The van der Waals surface area contributed by atoms with Gasteiger partial charge in [0.2, 0.25) is 0 Å². The van der Waals surface area contributed by atoms with Crippen molar-refractivity contribution in [2.24, 2.45) is 0 Å². The zero-order chi connectivity index (χ0) is 10.7. The fourth-order valence-electron chi connectivity index (χ4n) is 1.93. The number of aromatic nitrogens is 1. The molecule has 1 aliphatic heterocycles. The van der Waals surface area contributed by atoms with Gasteiger partial charge in [-0.3, -0.25) is 4.90 Å². The molecule has 92 valence electrons. The van der Waals surface area contributed by atoms with Crippen LogP contribution in [0.5, 0.6) is 0 Å². The van der Waals surface area contributed by atoms with Gasteiger partial charge in [0.25, 0.3) is 0 Å². The Bertz CT molecular complexity index is 316. The van der Waals surface area contributed by atoms with E-state index in [0.29, 0.717) is 6.04 Å². The van der Waals surface area contributed by atoms with Gasteiger partial charge in [-0.15, -0.1) is 23.7 Å². The number of rotatable bonds is 3. The Morgan fingerprint density at radius 3 is 3.06 bits per heavy atom. The molecule has 0 radical (unpaired) electrons. The van der Waals surface area contributed by atoms with Crippen LogP contribution in [0.3, 0.4) is 0 Å². The SMILES string of the molecule is CCc1cnc(CN2CCNC(C)C2)s1.Cl. The molecule has 1 unspecified atom stereocenters. The highest BCUT2D eigenvalue weighted by atomic mass is 35.5. The molecule has 1 aliphatic rings. The van der Waals surface area contributed by atoms with Gasteiger partial charge < -0.3 is 5.32 Å². The summed E-state index contributed by atoms with van der Waals surface area (Å²) in [4.78, 5) is 8.34. The highest BCUT2D eigenvalue weighted by Gasteiger charge is 2.16. The van der Waals surface area contributed by atoms with Crippen molar-refractivity contribution in [3.8, 4) is 0 Å². The first kappa shape index (κ1) is 13.9. The van der Waals surface area contributed by atoms with Crippen LogP contribution in [0.25, 0.3) is 0 Å². The normalized spacial score (nSPS) is 21.8. The predicted molar refractivity (Wildman–Crippen MR) is 71.5 cm³/mol. The maximum absolute atomic E-state index is 4.46. The summed E-state index contributed by atoms with van der Waals surface area (Å²) in [6.45, 7) is 8.84. The summed E-state index contributed by atoms with van der Waals surface area (Å²) in [5.74, 6) is 0. The van der Waals surface area contributed by atoms with Crippen molar-refractivity contribution in [1.29, 1.82) is 0 Å². The van der Waals surface area contributed by atoms with E-state index in [2.05, 4.69) is 29.0 Å². The summed E-state index contributed by atoms with van der Waals surface area (Å²) in [6.07, 6.45) is 3.13. The number of halogens is 1. The number of aryl methyl sites for hydroxylation is 1. The maximum Gasteiger partial charge on any atom is 0.107 e. The molecule has 16 heavy (non-hydrogen) atoms. The smallest absolute Gasteiger partial charge is 0.107 e. The van der Waals surface area contributed by atoms with Crippen molar-refractivity contribution in [3.63, 3.8) is 0 Å². The molecule has 0 spiro atoms. The van der Waals surface area contributed by atoms with Gasteiger partial charge in [0.05, 0.1) is 6.54 Å². The number of piperazine rings is 1. The highest BCUT2D eigenvalue weighted by molar-refractivity contribution is 7.11. The third-order valence-corrected chi connectivity index (χ3v) is 3.89. The molecular formula is C11H20ClN3S. The first-order valence-corrected chi connectivity index (χ1v) is 6.49. The monoisotopic (exact) mass is 261 g/mol. The van der Waals surface area contributed by atoms with Gasteiger partial charge in [0, 0.05) is 36.8 Å². The van der Waals surface area contributed by atoms with Crippen LogP contribution in [0.1, 0.15) is 23.7 Å². The van der Waals surface area contributed by atoms with Gasteiger partial charge in [0.1, 0.15) is 5.01 Å². The van der Waals surface area contributed by atoms with Gasteiger partial charge in [-0.2, -0.15) is 0 Å². The molecule has 3 nitrogen and oxygen atoms in total. The second kappa shape index (κ2) is 6.55. The lowest BCUT2D eigenvalue weighted by Crippen LogP contribution is -2.48. The summed E-state index contributed by atoms with van der Waals surface area (Å²) < 4.78 is 0. The van der Waals surface area contributed by atoms with E-state index in [1.807, 2.05) is 17.5 Å². The van der Waals surface area contributed by atoms with E-state index >= 15 is 0 Å². The zero-order valence-corrected chi connectivity index (χ0v) is 11.5. The van der Waals surface area contributed by atoms with Gasteiger partial charge in [-0.1, -0.05) is 6.92 Å². The third-order valence-electron chi connectivity index (χ3n) is 2.76. The van der Waals surface area contributed by atoms with Crippen LogP contribution in [0.2, 0.25) is 0 Å². The van der Waals surface area contributed by atoms with E-state index < -0.39 is 0 Å². The molecule has 1 saturated heterocycles. The van der Waals surface area contributed by atoms with Crippen LogP contribution in [0.15, 0.2) is 6.20 Å². The average Bonchev–Trinajstić information content (AvgIpc) is 2.65. The minimum absolute atomic E-state index is 0. The molecule has 1 aromatic rings. The minimum Gasteiger partial charge on any atom is -0.312 e. The van der Waals surface area contributed by atoms with Crippen molar-refractivity contribution >= 4 is 23.7 Å². The number of hydrogen-bond acceptors (Lipinski definition) is 4. The van der Waals surface area contributed by atoms with Gasteiger partial charge in [0.15, 0.2) is 0 Å². The van der Waals surface area contributed by atoms with E-state index in [9.17, 15) is 0 Å². The van der Waals surface area contributed by atoms with Crippen LogP contribution in [0.4, 0.5) is 0 Å². The Hall–Kier alpha value is -0.160. The number of nitrogens with zero attached hydrogens (tertiary/aromatic N) is 2. The first-order valence-electron chi connectivity index (χ1n) is 5.67. The standard InChI is InChI=1S/C11H19N3S.ClH/c1-3-10-6-13-11(15-10)8-14-5-4-12-9(2)7-14;/h6,9,12H,3-5,7-8H2,1-2H3;1H. The average molecular weight is 262 g/mol. The van der Waals surface area contributed by atoms with Crippen LogP contribution in [-0.4, -0.2) is 35.6 Å². The van der Waals surface area contributed by atoms with Crippen LogP contribution in [0, 0.1) is 0 Å². The number of nitrogens with one attached hydrogen (secondary N) is 1. The van der Waals surface area contributed by atoms with Crippen molar-refractivity contribution in [2.75, 3.05) is 19.6 Å². The zero-order valence-electron chi connectivity index (χ0n) is 9.90. The fourth-order valence-corrected chi connectivity index (χ4v) is 2.84. The van der Waals surface area contributed by atoms with Crippen molar-refractivity contribution in [3.05, 3.63) is 16.1 Å². The highest BCUT2D eigenvalue weighted by Crippen LogP contribution is 2.15. The third kappa shape index (κ3) is 3.70. The molecule has 5 heteroatoms. The second-order valence-electron chi connectivity index (χ2n) is 4.16. The lowest BCUT2D eigenvalue weighted by Gasteiger charge is -2.31. The summed E-state index contributed by atoms with van der Waals surface area (Å²) in [7, 11) is 0. The summed E-state index contributed by atoms with van der Waals surface area (Å²) in [6, 6.07) is 0.615. The van der Waals surface area contributed by atoms with Crippen molar-refractivity contribution in [2.45, 2.75) is 32.9 Å². The van der Waals surface area contributed by atoms with E-state index in [-0.39, 0.29) is 12.4 Å². The van der Waals surface area contributed by atoms with E-state index in [1.165, 1.54) is 9.88 Å². The van der Waals surface area contributed by atoms with Gasteiger partial charge in [-0.05, 0) is 13.3 Å². The Labute approximate surface area is 108 Å². The number of thiazole rings is 1. The van der Waals surface area contributed by atoms with Crippen molar-refractivity contribution in [1.82, 2.24) is 15.2 Å². The van der Waals surface area contributed by atoms with E-state index in [4.69, 9.17) is 0 Å². The van der Waals surface area contributed by atoms with E-state index in [1.54, 1.807) is 0 Å². The second-order valence-corrected chi connectivity index (χ2v) is 5.36. The lowest BCUT2D eigenvalue weighted by molar-refractivity contribution is 0.199. The van der Waals surface area contributed by atoms with Crippen LogP contribution >= 0.6 is 23.7 Å². The summed E-state index contributed by atoms with van der Waals surface area (Å²) in [5, 5.41) is 4.72. The van der Waals surface area contributed by atoms with Crippen LogP contribution in [-0.2, 0) is 13.0 Å². The largest absolute Gasteiger partial charge is 0.312 e. The Balaban J connectivity index is 0.00000128. The minimum atomic E-state index is 0. The molecule has 0 aromatic carbocycles. The Morgan fingerprint density at radius 1 is 1.62 bits per heavy atom. The molecule has 0 amide bonds. The Morgan fingerprint density at radius 2 is 2.44 bits per heavy atom. The molecule has 2 rings (SSSR count). The van der Waals surface area contributed by atoms with Crippen molar-refractivity contribution < 1.29 is 0 Å². The fraction of sp³-hybridized carbons (Fsp3) is 0.727. The topological polar surface area (TPSA) is 28.2 Å². The van der Waals surface area contributed by atoms with Crippen LogP contribution < -0.4 is 5.32 Å². The van der Waals surface area contributed by atoms with Gasteiger partial charge >= 0.3 is 0 Å². The molecule has 1 aromatic heterocycles. The molecule has 1 N–H and O–H groups in total. The summed E-state index contributed by atoms with van der Waals surface area (Å²) in [5.41, 5.74) is 0. The Kier molecular flexibility index (Phi) is 5.69. The molecule has 0 aliphatic carbocycles. The van der Waals surface area contributed by atoms with E-state index in [0.717, 1.165) is 32.6 Å². The quantitative estimate of drug-likeness (QED) is 0.901. The summed E-state index contributed by atoms with van der Waals surface area (Å²) >= 11 is 1.85. The number of hydrogen-bond donors (Lipinski definition) is 1. The molecule has 0 bridgehead atoms. The predicted octanol–water partition coefficient (Wildman–Crippen LogP) is 1.92. The molecule has 0 saturated carbocycles. The lowest BCUT2D eigenvalue weighted by atomic mass is 10.2.